The Labute approximate surface area is 194 Å². The van der Waals surface area contributed by atoms with E-state index in [0.29, 0.717) is 0 Å². The van der Waals surface area contributed by atoms with Crippen LogP contribution in [-0.4, -0.2) is 158 Å². The van der Waals surface area contributed by atoms with Gasteiger partial charge in [-0.15, -0.1) is 0 Å². The predicted molar refractivity (Wildman–Crippen MR) is 105 cm³/mol. The molecule has 3 saturated heterocycles. The van der Waals surface area contributed by atoms with Crippen LogP contribution in [0.5, 0.6) is 0 Å². The van der Waals surface area contributed by atoms with Crippen LogP contribution in [-0.2, 0) is 28.4 Å². The smallest absolute Gasteiger partial charge is 0.187 e. The van der Waals surface area contributed by atoms with E-state index in [4.69, 9.17) is 28.4 Å². The van der Waals surface area contributed by atoms with Gasteiger partial charge in [0.2, 0.25) is 0 Å². The Morgan fingerprint density at radius 2 is 1.00 bits per heavy atom. The summed E-state index contributed by atoms with van der Waals surface area (Å²) in [4.78, 5) is 0. The van der Waals surface area contributed by atoms with E-state index < -0.39 is 105 Å². The molecule has 0 aromatic carbocycles. The highest BCUT2D eigenvalue weighted by Crippen LogP contribution is 2.33. The second kappa shape index (κ2) is 11.6. The summed E-state index contributed by atoms with van der Waals surface area (Å²) in [6.45, 7) is 0.0809. The topological polar surface area (TPSA) is 237 Å². The van der Waals surface area contributed by atoms with E-state index in [1.54, 1.807) is 0 Å². The molecular formula is C19H34O15. The van der Waals surface area contributed by atoms with Gasteiger partial charge in [0.1, 0.15) is 67.1 Å². The lowest BCUT2D eigenvalue weighted by Gasteiger charge is -2.48. The fourth-order valence-electron chi connectivity index (χ4n) is 4.14. The predicted octanol–water partition coefficient (Wildman–Crippen LogP) is -5.89. The summed E-state index contributed by atoms with van der Waals surface area (Å²) >= 11 is 0. The summed E-state index contributed by atoms with van der Waals surface area (Å²) in [5.41, 5.74) is 0. The first kappa shape index (κ1) is 28.0. The van der Waals surface area contributed by atoms with Gasteiger partial charge in [0.05, 0.1) is 19.3 Å². The van der Waals surface area contributed by atoms with Crippen LogP contribution in [0.15, 0.2) is 0 Å². The lowest BCUT2D eigenvalue weighted by atomic mass is 9.96. The molecule has 0 aromatic heterocycles. The van der Waals surface area contributed by atoms with Crippen LogP contribution in [0.25, 0.3) is 0 Å². The highest BCUT2D eigenvalue weighted by Gasteiger charge is 2.53. The molecule has 0 spiro atoms. The van der Waals surface area contributed by atoms with Crippen molar-refractivity contribution in [1.29, 1.82) is 0 Å². The molecule has 0 aromatic rings. The van der Waals surface area contributed by atoms with Gasteiger partial charge < -0.3 is 74.4 Å². The first-order valence-corrected chi connectivity index (χ1v) is 10.8. The van der Waals surface area contributed by atoms with Gasteiger partial charge in [-0.2, -0.15) is 0 Å². The van der Waals surface area contributed by atoms with Gasteiger partial charge in [0.25, 0.3) is 0 Å². The largest absolute Gasteiger partial charge is 0.394 e. The molecular weight excluding hydrogens is 468 g/mol. The third-order valence-electron chi connectivity index (χ3n) is 6.27. The zero-order chi connectivity index (χ0) is 25.3. The van der Waals surface area contributed by atoms with E-state index in [0.717, 1.165) is 0 Å². The van der Waals surface area contributed by atoms with Crippen molar-refractivity contribution < 1.29 is 74.4 Å². The van der Waals surface area contributed by atoms with E-state index in [1.807, 2.05) is 0 Å². The van der Waals surface area contributed by atoms with E-state index in [-0.39, 0.29) is 0 Å². The molecule has 3 heterocycles. The van der Waals surface area contributed by atoms with Gasteiger partial charge in [0.15, 0.2) is 18.9 Å². The molecule has 34 heavy (non-hydrogen) atoms. The van der Waals surface area contributed by atoms with Gasteiger partial charge in [-0.25, -0.2) is 0 Å². The minimum absolute atomic E-state index is 0.704. The highest BCUT2D eigenvalue weighted by molar-refractivity contribution is 4.95. The van der Waals surface area contributed by atoms with Crippen LogP contribution in [0.1, 0.15) is 6.92 Å². The summed E-state index contributed by atoms with van der Waals surface area (Å²) < 4.78 is 32.9. The average molecular weight is 502 g/mol. The molecule has 0 radical (unpaired) electrons. The summed E-state index contributed by atoms with van der Waals surface area (Å²) in [7, 11) is 1.25. The van der Waals surface area contributed by atoms with Gasteiger partial charge in [0, 0.05) is 7.11 Å². The monoisotopic (exact) mass is 502 g/mol. The van der Waals surface area contributed by atoms with Crippen molar-refractivity contribution in [1.82, 2.24) is 0 Å². The number of rotatable bonds is 7. The minimum Gasteiger partial charge on any atom is -0.394 e. The molecule has 200 valence electrons. The van der Waals surface area contributed by atoms with Gasteiger partial charge in [-0.3, -0.25) is 0 Å². The van der Waals surface area contributed by atoms with Crippen molar-refractivity contribution in [2.75, 3.05) is 20.3 Å². The third kappa shape index (κ3) is 5.39. The van der Waals surface area contributed by atoms with Crippen LogP contribution in [0, 0.1) is 0 Å². The van der Waals surface area contributed by atoms with Crippen LogP contribution in [0.2, 0.25) is 0 Å². The Morgan fingerprint density at radius 1 is 0.559 bits per heavy atom. The van der Waals surface area contributed by atoms with Crippen molar-refractivity contribution in [3.8, 4) is 0 Å². The highest BCUT2D eigenvalue weighted by atomic mass is 16.8. The molecule has 15 nitrogen and oxygen atoms in total. The van der Waals surface area contributed by atoms with E-state index >= 15 is 0 Å². The first-order valence-electron chi connectivity index (χ1n) is 10.8. The molecule has 3 fully saturated rings. The number of methoxy groups -OCH3 is 1. The molecule has 0 amide bonds. The van der Waals surface area contributed by atoms with Crippen molar-refractivity contribution in [2.45, 2.75) is 99.0 Å². The Balaban J connectivity index is 1.84. The summed E-state index contributed by atoms with van der Waals surface area (Å²) in [5.74, 6) is 0. The third-order valence-corrected chi connectivity index (χ3v) is 6.27. The average Bonchev–Trinajstić information content (AvgIpc) is 2.83. The Hall–Kier alpha value is -0.600. The van der Waals surface area contributed by atoms with Crippen LogP contribution >= 0.6 is 0 Å². The molecule has 0 bridgehead atoms. The van der Waals surface area contributed by atoms with Crippen molar-refractivity contribution in [3.05, 3.63) is 0 Å². The quantitative estimate of drug-likeness (QED) is 0.157. The van der Waals surface area contributed by atoms with E-state index in [1.165, 1.54) is 14.0 Å². The summed E-state index contributed by atoms with van der Waals surface area (Å²) in [6.07, 6.45) is -22.5. The molecule has 3 aliphatic rings. The zero-order valence-corrected chi connectivity index (χ0v) is 18.5. The fourth-order valence-corrected chi connectivity index (χ4v) is 4.14. The molecule has 0 unspecified atom stereocenters. The first-order chi connectivity index (χ1) is 16.0. The van der Waals surface area contributed by atoms with Crippen molar-refractivity contribution in [3.63, 3.8) is 0 Å². The maximum Gasteiger partial charge on any atom is 0.187 e. The summed E-state index contributed by atoms with van der Waals surface area (Å²) in [5, 5.41) is 90.2. The zero-order valence-electron chi connectivity index (χ0n) is 18.5. The van der Waals surface area contributed by atoms with Crippen molar-refractivity contribution in [2.24, 2.45) is 0 Å². The van der Waals surface area contributed by atoms with Crippen LogP contribution < -0.4 is 0 Å². The molecule has 0 saturated carbocycles. The standard InChI is InChI=1S/C19H34O15/c1-5-8(22)15(33-17-13(27)11(25)9(23)6(3-20)31-17)16(19(29-2)30-5)34-18-14(28)12(26)10(24)7(4-21)32-18/h5-28H,3-4H2,1-2H3/t5-,6+,7+,8-,9-,10-,11-,12-,13+,14+,15+,16+,17-,18+,19+/m0/s1. The van der Waals surface area contributed by atoms with Crippen molar-refractivity contribution >= 4 is 0 Å². The fraction of sp³-hybridized carbons (Fsp3) is 1.00. The second-order valence-electron chi connectivity index (χ2n) is 8.53. The normalized spacial score (nSPS) is 52.5. The number of hydrogen-bond donors (Lipinski definition) is 9. The number of hydrogen-bond acceptors (Lipinski definition) is 15. The van der Waals surface area contributed by atoms with E-state index in [2.05, 4.69) is 0 Å². The minimum atomic E-state index is -1.78. The molecule has 15 heteroatoms. The number of aliphatic hydroxyl groups excluding tert-OH is 9. The molecule has 15 atom stereocenters. The molecule has 3 aliphatic heterocycles. The Morgan fingerprint density at radius 3 is 1.41 bits per heavy atom. The molecule has 0 aliphatic carbocycles. The Bertz CT molecular complexity index is 599. The molecule has 9 N–H and O–H groups in total. The Kier molecular flexibility index (Phi) is 9.57. The maximum atomic E-state index is 10.7. The number of ether oxygens (including phenoxy) is 6. The van der Waals surface area contributed by atoms with E-state index in [9.17, 15) is 46.0 Å². The SMILES string of the molecule is CO[C@@H]1O[C@@H](C)[C@H](O)[C@@H](O[C@@H]2O[C@H](CO)[C@H](O)[C@H](O)[C@H]2O)[C@H]1O[C@H]1O[C@H](CO)[C@H](O)[C@H](O)[C@H]1O. The van der Waals surface area contributed by atoms with Gasteiger partial charge in [-0.05, 0) is 6.92 Å². The summed E-state index contributed by atoms with van der Waals surface area (Å²) in [6, 6.07) is 0. The van der Waals surface area contributed by atoms with Crippen LogP contribution in [0.3, 0.4) is 0 Å². The number of aliphatic hydroxyl groups is 9. The second-order valence-corrected chi connectivity index (χ2v) is 8.53. The van der Waals surface area contributed by atoms with Gasteiger partial charge >= 0.3 is 0 Å². The maximum absolute atomic E-state index is 10.7. The lowest BCUT2D eigenvalue weighted by molar-refractivity contribution is -0.387. The van der Waals surface area contributed by atoms with Crippen LogP contribution in [0.4, 0.5) is 0 Å². The molecule has 3 rings (SSSR count). The van der Waals surface area contributed by atoms with Gasteiger partial charge in [-0.1, -0.05) is 0 Å². The lowest BCUT2D eigenvalue weighted by Crippen LogP contribution is -2.66.